The number of rotatable bonds is 5. The van der Waals surface area contributed by atoms with E-state index in [0.29, 0.717) is 6.04 Å². The molecule has 1 saturated heterocycles. The third kappa shape index (κ3) is 3.14. The highest BCUT2D eigenvalue weighted by Crippen LogP contribution is 2.55. The Labute approximate surface area is 157 Å². The van der Waals surface area contributed by atoms with E-state index >= 15 is 0 Å². The molecule has 6 rings (SSSR count). The molecular formula is C22H34N2O2. The molecule has 5 fully saturated rings. The standard InChI is InChI=1S/C22H34N2O2/c1-15-2-3-21(26-15)14-23-5-6-24(13-20(23)4-7-25)22-18-9-16-8-17(11-18)12-19(22)10-16/h2-3,16-20,22,25H,4-14H2,1H3/t16?,17?,18?,19?,20-,22?/m1/s1. The molecule has 4 saturated carbocycles. The number of furan rings is 1. The molecule has 1 aromatic heterocycles. The molecule has 4 heteroatoms. The predicted octanol–water partition coefficient (Wildman–Crippen LogP) is 3.28. The van der Waals surface area contributed by atoms with Crippen LogP contribution in [0.5, 0.6) is 0 Å². The topological polar surface area (TPSA) is 39.9 Å². The molecule has 4 nitrogen and oxygen atoms in total. The van der Waals surface area contributed by atoms with E-state index in [1.807, 2.05) is 6.92 Å². The molecule has 0 unspecified atom stereocenters. The van der Waals surface area contributed by atoms with E-state index in [1.54, 1.807) is 0 Å². The Morgan fingerprint density at radius 1 is 1.04 bits per heavy atom. The van der Waals surface area contributed by atoms with E-state index < -0.39 is 0 Å². The molecule has 1 aromatic rings. The van der Waals surface area contributed by atoms with Gasteiger partial charge in [0.15, 0.2) is 0 Å². The van der Waals surface area contributed by atoms with Crippen molar-refractivity contribution in [3.8, 4) is 0 Å². The fraction of sp³-hybridized carbons (Fsp3) is 0.818. The highest BCUT2D eigenvalue weighted by atomic mass is 16.3. The maximum absolute atomic E-state index is 9.64. The Bertz CT molecular complexity index is 599. The molecular weight excluding hydrogens is 324 g/mol. The zero-order valence-electron chi connectivity index (χ0n) is 16.1. The van der Waals surface area contributed by atoms with Crippen molar-refractivity contribution in [3.05, 3.63) is 23.7 Å². The lowest BCUT2D eigenvalue weighted by molar-refractivity contribution is -0.0881. The minimum Gasteiger partial charge on any atom is -0.465 e. The first kappa shape index (κ1) is 17.3. The molecule has 2 heterocycles. The Kier molecular flexibility index (Phi) is 4.62. The number of aryl methyl sites for hydroxylation is 1. The summed E-state index contributed by atoms with van der Waals surface area (Å²) in [7, 11) is 0. The normalized spacial score (nSPS) is 40.4. The summed E-state index contributed by atoms with van der Waals surface area (Å²) >= 11 is 0. The Balaban J connectivity index is 1.28. The highest BCUT2D eigenvalue weighted by molar-refractivity contribution is 5.07. The van der Waals surface area contributed by atoms with Gasteiger partial charge in [-0.1, -0.05) is 0 Å². The van der Waals surface area contributed by atoms with Crippen LogP contribution in [0.15, 0.2) is 16.5 Å². The van der Waals surface area contributed by atoms with E-state index in [-0.39, 0.29) is 6.61 Å². The van der Waals surface area contributed by atoms with Gasteiger partial charge in [0.2, 0.25) is 0 Å². The Hall–Kier alpha value is -0.840. The van der Waals surface area contributed by atoms with Crippen molar-refractivity contribution in [1.82, 2.24) is 9.80 Å². The van der Waals surface area contributed by atoms with Crippen molar-refractivity contribution in [2.75, 3.05) is 26.2 Å². The van der Waals surface area contributed by atoms with Crippen molar-refractivity contribution in [2.24, 2.45) is 23.7 Å². The van der Waals surface area contributed by atoms with Crippen LogP contribution in [-0.4, -0.2) is 53.2 Å². The SMILES string of the molecule is Cc1ccc(CN2CCN(C3C4CC5CC(C4)CC3C5)C[C@H]2CCO)o1. The maximum atomic E-state index is 9.64. The van der Waals surface area contributed by atoms with E-state index in [2.05, 4.69) is 21.9 Å². The van der Waals surface area contributed by atoms with E-state index in [0.717, 1.165) is 67.3 Å². The molecule has 4 aliphatic carbocycles. The maximum Gasteiger partial charge on any atom is 0.118 e. The van der Waals surface area contributed by atoms with Crippen molar-refractivity contribution in [1.29, 1.82) is 0 Å². The van der Waals surface area contributed by atoms with E-state index in [9.17, 15) is 5.11 Å². The highest BCUT2D eigenvalue weighted by Gasteiger charge is 2.50. The smallest absolute Gasteiger partial charge is 0.118 e. The van der Waals surface area contributed by atoms with Crippen LogP contribution in [-0.2, 0) is 6.54 Å². The fourth-order valence-electron chi connectivity index (χ4n) is 7.08. The number of aliphatic hydroxyl groups is 1. The van der Waals surface area contributed by atoms with Gasteiger partial charge in [-0.25, -0.2) is 0 Å². The molecule has 5 aliphatic rings. The van der Waals surface area contributed by atoms with Crippen LogP contribution < -0.4 is 0 Å². The summed E-state index contributed by atoms with van der Waals surface area (Å²) in [5.74, 6) is 6.07. The monoisotopic (exact) mass is 358 g/mol. The van der Waals surface area contributed by atoms with Crippen LogP contribution >= 0.6 is 0 Å². The van der Waals surface area contributed by atoms with Crippen molar-refractivity contribution in [3.63, 3.8) is 0 Å². The predicted molar refractivity (Wildman–Crippen MR) is 102 cm³/mol. The first-order valence-corrected chi connectivity index (χ1v) is 10.8. The van der Waals surface area contributed by atoms with E-state index in [1.165, 1.54) is 38.6 Å². The van der Waals surface area contributed by atoms with Crippen LogP contribution in [0, 0.1) is 30.6 Å². The second kappa shape index (κ2) is 6.96. The molecule has 0 radical (unpaired) electrons. The Morgan fingerprint density at radius 3 is 2.38 bits per heavy atom. The van der Waals surface area contributed by atoms with Crippen LogP contribution in [0.2, 0.25) is 0 Å². The third-order valence-electron chi connectivity index (χ3n) is 7.85. The molecule has 1 aliphatic heterocycles. The van der Waals surface area contributed by atoms with Crippen molar-refractivity contribution < 1.29 is 9.52 Å². The molecule has 1 N–H and O–H groups in total. The largest absolute Gasteiger partial charge is 0.465 e. The third-order valence-corrected chi connectivity index (χ3v) is 7.85. The first-order chi connectivity index (χ1) is 12.7. The summed E-state index contributed by atoms with van der Waals surface area (Å²) in [5, 5.41) is 9.64. The van der Waals surface area contributed by atoms with Gasteiger partial charge in [0.05, 0.1) is 6.54 Å². The zero-order valence-corrected chi connectivity index (χ0v) is 16.1. The molecule has 0 aromatic carbocycles. The Morgan fingerprint density at radius 2 is 1.77 bits per heavy atom. The average Bonchev–Trinajstić information content (AvgIpc) is 3.01. The van der Waals surface area contributed by atoms with Gasteiger partial charge in [0.1, 0.15) is 11.5 Å². The number of nitrogens with zero attached hydrogens (tertiary/aromatic N) is 2. The summed E-state index contributed by atoms with van der Waals surface area (Å²) in [6.45, 7) is 6.61. The quantitative estimate of drug-likeness (QED) is 0.877. The lowest BCUT2D eigenvalue weighted by atomic mass is 9.53. The summed E-state index contributed by atoms with van der Waals surface area (Å²) in [4.78, 5) is 5.37. The minimum absolute atomic E-state index is 0.286. The van der Waals surface area contributed by atoms with Gasteiger partial charge >= 0.3 is 0 Å². The summed E-state index contributed by atoms with van der Waals surface area (Å²) in [5.41, 5.74) is 0. The zero-order chi connectivity index (χ0) is 17.7. The number of hydrogen-bond acceptors (Lipinski definition) is 4. The van der Waals surface area contributed by atoms with Gasteiger partial charge in [-0.05, 0) is 81.3 Å². The molecule has 26 heavy (non-hydrogen) atoms. The van der Waals surface area contributed by atoms with Crippen LogP contribution in [0.25, 0.3) is 0 Å². The van der Waals surface area contributed by atoms with Gasteiger partial charge in [0.25, 0.3) is 0 Å². The second-order valence-corrected chi connectivity index (χ2v) is 9.57. The van der Waals surface area contributed by atoms with Crippen molar-refractivity contribution >= 4 is 0 Å². The van der Waals surface area contributed by atoms with Crippen LogP contribution in [0.4, 0.5) is 0 Å². The fourth-order valence-corrected chi connectivity index (χ4v) is 7.08. The minimum atomic E-state index is 0.286. The van der Waals surface area contributed by atoms with E-state index in [4.69, 9.17) is 4.42 Å². The summed E-state index contributed by atoms with van der Waals surface area (Å²) < 4.78 is 5.82. The summed E-state index contributed by atoms with van der Waals surface area (Å²) in [6.07, 6.45) is 8.39. The molecule has 144 valence electrons. The molecule has 4 bridgehead atoms. The lowest BCUT2D eigenvalue weighted by Gasteiger charge is -2.59. The second-order valence-electron chi connectivity index (χ2n) is 9.57. The number of aliphatic hydroxyl groups excluding tert-OH is 1. The summed E-state index contributed by atoms with van der Waals surface area (Å²) in [6, 6.07) is 5.45. The lowest BCUT2D eigenvalue weighted by Crippen LogP contribution is -2.62. The number of piperazine rings is 1. The molecule has 0 spiro atoms. The van der Waals surface area contributed by atoms with Gasteiger partial charge < -0.3 is 9.52 Å². The number of hydrogen-bond donors (Lipinski definition) is 1. The van der Waals surface area contributed by atoms with Gasteiger partial charge in [-0.3, -0.25) is 9.80 Å². The van der Waals surface area contributed by atoms with Gasteiger partial charge in [-0.2, -0.15) is 0 Å². The van der Waals surface area contributed by atoms with Crippen molar-refractivity contribution in [2.45, 2.75) is 64.1 Å². The first-order valence-electron chi connectivity index (χ1n) is 10.8. The molecule has 1 atom stereocenters. The average molecular weight is 359 g/mol. The van der Waals surface area contributed by atoms with Gasteiger partial charge in [-0.15, -0.1) is 0 Å². The van der Waals surface area contributed by atoms with Crippen LogP contribution in [0.3, 0.4) is 0 Å². The van der Waals surface area contributed by atoms with Gasteiger partial charge in [0, 0.05) is 38.3 Å². The van der Waals surface area contributed by atoms with Crippen LogP contribution in [0.1, 0.15) is 50.0 Å². The molecule has 0 amide bonds.